The molecule has 0 radical (unpaired) electrons. The topological polar surface area (TPSA) is 66.4 Å². The number of aromatic carboxylic acids is 1. The number of amides is 1. The van der Waals surface area contributed by atoms with Crippen LogP contribution in [0.5, 0.6) is 0 Å². The highest BCUT2D eigenvalue weighted by Crippen LogP contribution is 2.27. The molecule has 0 atom stereocenters. The molecule has 108 valence electrons. The van der Waals surface area contributed by atoms with Crippen molar-refractivity contribution in [3.05, 3.63) is 29.3 Å². The molecule has 0 bridgehead atoms. The number of benzene rings is 1. The molecular formula is C16H21NO3. The molecule has 1 aliphatic rings. The number of hydrogen-bond acceptors (Lipinski definition) is 2. The van der Waals surface area contributed by atoms with Crippen LogP contribution in [0.2, 0.25) is 0 Å². The predicted molar refractivity (Wildman–Crippen MR) is 78.0 cm³/mol. The van der Waals surface area contributed by atoms with Crippen molar-refractivity contribution in [2.45, 2.75) is 45.4 Å². The molecule has 0 spiro atoms. The molecule has 0 aliphatic heterocycles. The van der Waals surface area contributed by atoms with Gasteiger partial charge in [-0.1, -0.05) is 31.4 Å². The Hall–Kier alpha value is -1.84. The minimum atomic E-state index is -1.01. The second-order valence-electron chi connectivity index (χ2n) is 5.56. The Bertz CT molecular complexity index is 504. The van der Waals surface area contributed by atoms with Crippen molar-refractivity contribution < 1.29 is 14.7 Å². The quantitative estimate of drug-likeness (QED) is 0.882. The Labute approximate surface area is 119 Å². The summed E-state index contributed by atoms with van der Waals surface area (Å²) in [5.74, 6) is -0.642. The summed E-state index contributed by atoms with van der Waals surface area (Å²) in [5.41, 5.74) is 1.37. The Balaban J connectivity index is 2.05. The highest BCUT2D eigenvalue weighted by atomic mass is 16.4. The van der Waals surface area contributed by atoms with Crippen molar-refractivity contribution in [1.29, 1.82) is 0 Å². The Morgan fingerprint density at radius 3 is 2.60 bits per heavy atom. The van der Waals surface area contributed by atoms with Gasteiger partial charge in [-0.2, -0.15) is 0 Å². The van der Waals surface area contributed by atoms with E-state index in [1.807, 2.05) is 13.0 Å². The number of nitrogens with one attached hydrogen (secondary N) is 1. The van der Waals surface area contributed by atoms with Crippen LogP contribution in [0.25, 0.3) is 0 Å². The second-order valence-corrected chi connectivity index (χ2v) is 5.56. The van der Waals surface area contributed by atoms with E-state index in [1.165, 1.54) is 25.3 Å². The molecule has 0 saturated heterocycles. The van der Waals surface area contributed by atoms with Crippen LogP contribution >= 0.6 is 0 Å². The lowest BCUT2D eigenvalue weighted by Gasteiger charge is -2.21. The Kier molecular flexibility index (Phi) is 4.77. The van der Waals surface area contributed by atoms with Crippen molar-refractivity contribution in [1.82, 2.24) is 0 Å². The van der Waals surface area contributed by atoms with Crippen LogP contribution in [0.4, 0.5) is 5.69 Å². The van der Waals surface area contributed by atoms with Crippen LogP contribution < -0.4 is 5.32 Å². The van der Waals surface area contributed by atoms with Gasteiger partial charge in [-0.15, -0.1) is 0 Å². The number of aryl methyl sites for hydroxylation is 1. The lowest BCUT2D eigenvalue weighted by molar-refractivity contribution is -0.117. The monoisotopic (exact) mass is 275 g/mol. The molecule has 4 heteroatoms. The number of hydrogen-bond donors (Lipinski definition) is 2. The molecule has 0 unspecified atom stereocenters. The molecule has 2 N–H and O–H groups in total. The first kappa shape index (κ1) is 14.6. The molecule has 2 rings (SSSR count). The predicted octanol–water partition coefficient (Wildman–Crippen LogP) is 3.60. The third kappa shape index (κ3) is 3.59. The highest BCUT2D eigenvalue weighted by molar-refractivity contribution is 6.01. The van der Waals surface area contributed by atoms with Gasteiger partial charge in [0.2, 0.25) is 5.91 Å². The summed E-state index contributed by atoms with van der Waals surface area (Å²) in [7, 11) is 0. The summed E-state index contributed by atoms with van der Waals surface area (Å²) in [6, 6.07) is 5.02. The van der Waals surface area contributed by atoms with Gasteiger partial charge in [0.1, 0.15) is 0 Å². The summed E-state index contributed by atoms with van der Waals surface area (Å²) in [6.07, 6.45) is 6.36. The minimum Gasteiger partial charge on any atom is -0.478 e. The number of para-hydroxylation sites is 1. The zero-order valence-electron chi connectivity index (χ0n) is 11.8. The third-order valence-electron chi connectivity index (χ3n) is 3.97. The van der Waals surface area contributed by atoms with Crippen molar-refractivity contribution in [2.24, 2.45) is 5.92 Å². The standard InChI is InChI=1S/C16H21NO3/c1-11-6-5-9-13(16(19)20)15(11)17-14(18)10-12-7-3-2-4-8-12/h5-6,9,12H,2-4,7-8,10H2,1H3,(H,17,18)(H,19,20). The van der Waals surface area contributed by atoms with Gasteiger partial charge >= 0.3 is 5.97 Å². The van der Waals surface area contributed by atoms with Gasteiger partial charge in [-0.05, 0) is 37.3 Å². The van der Waals surface area contributed by atoms with Gasteiger partial charge in [0.05, 0.1) is 11.3 Å². The highest BCUT2D eigenvalue weighted by Gasteiger charge is 2.19. The van der Waals surface area contributed by atoms with Crippen LogP contribution in [0.1, 0.15) is 54.4 Å². The number of carboxylic acids is 1. The lowest BCUT2D eigenvalue weighted by atomic mass is 9.87. The second kappa shape index (κ2) is 6.55. The smallest absolute Gasteiger partial charge is 0.337 e. The SMILES string of the molecule is Cc1cccc(C(=O)O)c1NC(=O)CC1CCCCC1. The minimum absolute atomic E-state index is 0.0753. The number of anilines is 1. The number of carbonyl (C=O) groups excluding carboxylic acids is 1. The van der Waals surface area contributed by atoms with Gasteiger partial charge in [0.25, 0.3) is 0 Å². The zero-order valence-corrected chi connectivity index (χ0v) is 11.8. The molecule has 4 nitrogen and oxygen atoms in total. The van der Waals surface area contributed by atoms with Crippen molar-refractivity contribution >= 4 is 17.6 Å². The molecule has 1 amide bonds. The first-order chi connectivity index (χ1) is 9.58. The zero-order chi connectivity index (χ0) is 14.5. The Morgan fingerprint density at radius 1 is 1.25 bits per heavy atom. The van der Waals surface area contributed by atoms with E-state index < -0.39 is 5.97 Å². The van der Waals surface area contributed by atoms with Crippen molar-refractivity contribution in [2.75, 3.05) is 5.32 Å². The van der Waals surface area contributed by atoms with E-state index in [9.17, 15) is 14.7 Å². The molecule has 0 aromatic heterocycles. The summed E-state index contributed by atoms with van der Waals surface area (Å²) in [4.78, 5) is 23.3. The van der Waals surface area contributed by atoms with Gasteiger partial charge in [-0.3, -0.25) is 4.79 Å². The number of rotatable bonds is 4. The van der Waals surface area contributed by atoms with E-state index in [0.29, 0.717) is 18.0 Å². The van der Waals surface area contributed by atoms with Crippen molar-refractivity contribution in [3.63, 3.8) is 0 Å². The van der Waals surface area contributed by atoms with Crippen LogP contribution in [-0.4, -0.2) is 17.0 Å². The normalized spacial score (nSPS) is 15.8. The molecule has 20 heavy (non-hydrogen) atoms. The van der Waals surface area contributed by atoms with E-state index in [1.54, 1.807) is 6.07 Å². The average molecular weight is 275 g/mol. The maximum absolute atomic E-state index is 12.1. The van der Waals surface area contributed by atoms with E-state index >= 15 is 0 Å². The summed E-state index contributed by atoms with van der Waals surface area (Å²) < 4.78 is 0. The van der Waals surface area contributed by atoms with Crippen LogP contribution in [-0.2, 0) is 4.79 Å². The molecule has 1 aromatic carbocycles. The number of carboxylic acid groups (broad SMARTS) is 1. The first-order valence-electron chi connectivity index (χ1n) is 7.20. The van der Waals surface area contributed by atoms with E-state index in [0.717, 1.165) is 18.4 Å². The molecule has 1 saturated carbocycles. The molecule has 1 aromatic rings. The summed E-state index contributed by atoms with van der Waals surface area (Å²) in [5, 5.41) is 12.0. The van der Waals surface area contributed by atoms with Crippen molar-refractivity contribution in [3.8, 4) is 0 Å². The van der Waals surface area contributed by atoms with Gasteiger partial charge in [0.15, 0.2) is 0 Å². The largest absolute Gasteiger partial charge is 0.478 e. The first-order valence-corrected chi connectivity index (χ1v) is 7.20. The maximum Gasteiger partial charge on any atom is 0.337 e. The fourth-order valence-corrected chi connectivity index (χ4v) is 2.86. The van der Waals surface area contributed by atoms with E-state index in [4.69, 9.17) is 0 Å². The van der Waals surface area contributed by atoms with E-state index in [-0.39, 0.29) is 11.5 Å². The molecular weight excluding hydrogens is 254 g/mol. The van der Waals surface area contributed by atoms with Gasteiger partial charge < -0.3 is 10.4 Å². The number of carbonyl (C=O) groups is 2. The van der Waals surface area contributed by atoms with Crippen LogP contribution in [0, 0.1) is 12.8 Å². The maximum atomic E-state index is 12.1. The van der Waals surface area contributed by atoms with E-state index in [2.05, 4.69) is 5.32 Å². The molecule has 1 fully saturated rings. The Morgan fingerprint density at radius 2 is 1.95 bits per heavy atom. The van der Waals surface area contributed by atoms with Crippen LogP contribution in [0.3, 0.4) is 0 Å². The third-order valence-corrected chi connectivity index (χ3v) is 3.97. The fraction of sp³-hybridized carbons (Fsp3) is 0.500. The fourth-order valence-electron chi connectivity index (χ4n) is 2.86. The molecule has 0 heterocycles. The average Bonchev–Trinajstić information content (AvgIpc) is 2.42. The lowest BCUT2D eigenvalue weighted by Crippen LogP contribution is -2.20. The van der Waals surface area contributed by atoms with Gasteiger partial charge in [-0.25, -0.2) is 4.79 Å². The summed E-state index contributed by atoms with van der Waals surface area (Å²) in [6.45, 7) is 1.81. The molecule has 1 aliphatic carbocycles. The summed E-state index contributed by atoms with van der Waals surface area (Å²) >= 11 is 0. The van der Waals surface area contributed by atoms with Gasteiger partial charge in [0, 0.05) is 6.42 Å². The van der Waals surface area contributed by atoms with Crippen LogP contribution in [0.15, 0.2) is 18.2 Å².